The number of β-amino-alcohol motifs (C(OH)–C–C–N with tert-alkyl or cyclic N) is 2. The van der Waals surface area contributed by atoms with Crippen LogP contribution < -0.4 is 31.4 Å². The quantitative estimate of drug-likeness (QED) is 0.106. The maximum Gasteiger partial charge on any atom is 0.490 e. The summed E-state index contributed by atoms with van der Waals surface area (Å²) >= 11 is 6.02. The van der Waals surface area contributed by atoms with Gasteiger partial charge in [-0.2, -0.15) is 13.2 Å². The number of rotatable bonds is 9. The Hall–Kier alpha value is -4.17. The van der Waals surface area contributed by atoms with Crippen LogP contribution in [-0.4, -0.2) is 107 Å². The van der Waals surface area contributed by atoms with E-state index in [0.29, 0.717) is 32.6 Å². The molecule has 2 saturated heterocycles. The summed E-state index contributed by atoms with van der Waals surface area (Å²) in [4.78, 5) is 40.8. The predicted octanol–water partition coefficient (Wildman–Crippen LogP) is -0.938. The van der Waals surface area contributed by atoms with Crippen molar-refractivity contribution in [2.24, 2.45) is 16.5 Å². The number of para-hydroxylation sites is 1. The second-order valence-electron chi connectivity index (χ2n) is 11.2. The van der Waals surface area contributed by atoms with Gasteiger partial charge in [-0.05, 0) is 31.9 Å². The number of nitrogens with one attached hydrogen (secondary N) is 2. The number of carbonyl (C=O) groups excluding carboxylic acids is 3. The van der Waals surface area contributed by atoms with Crippen LogP contribution in [0.5, 0.6) is 5.75 Å². The lowest BCUT2D eigenvalue weighted by Gasteiger charge is -2.21. The highest BCUT2D eigenvalue weighted by Gasteiger charge is 2.40. The van der Waals surface area contributed by atoms with Crippen LogP contribution in [0.4, 0.5) is 13.2 Å². The molecule has 1 aromatic carbocycles. The number of ether oxygens (including phenoxy) is 3. The molecule has 5 rings (SSSR count). The zero-order chi connectivity index (χ0) is 36.0. The summed E-state index contributed by atoms with van der Waals surface area (Å²) < 4.78 is 52.4. The van der Waals surface area contributed by atoms with Gasteiger partial charge in [0.2, 0.25) is 5.52 Å². The fourth-order valence-electron chi connectivity index (χ4n) is 5.55. The molecular formula is C29H39ClF3N8O8+. The molecule has 8 N–H and O–H groups in total. The highest BCUT2D eigenvalue weighted by atomic mass is 35.5. The van der Waals surface area contributed by atoms with E-state index in [0.717, 1.165) is 29.7 Å². The van der Waals surface area contributed by atoms with Gasteiger partial charge in [0.05, 0.1) is 32.0 Å². The maximum absolute atomic E-state index is 13.1. The average molecular weight is 720 g/mol. The SMILES string of the molecule is CC[n+]1c(CNC(=O)C2=NC(Cl)=C(N)NC2N)n(CC2CCCO2)c2cccc(OCC(=O)N3CC(O)[C@@H](O)C3)c21.COC(=O)C(F)(F)F. The van der Waals surface area contributed by atoms with E-state index >= 15 is 0 Å². The minimum atomic E-state index is -4.85. The van der Waals surface area contributed by atoms with Crippen LogP contribution in [0.1, 0.15) is 25.6 Å². The number of aryl methyl sites for hydroxylation is 1. The van der Waals surface area contributed by atoms with Crippen molar-refractivity contribution < 1.29 is 56.5 Å². The first-order valence-electron chi connectivity index (χ1n) is 15.3. The highest BCUT2D eigenvalue weighted by Crippen LogP contribution is 2.27. The molecule has 0 radical (unpaired) electrons. The Morgan fingerprint density at radius 2 is 1.94 bits per heavy atom. The number of hydrogen-bond acceptors (Lipinski definition) is 12. The number of imidazole rings is 1. The Kier molecular flexibility index (Phi) is 12.3. The number of carbonyl (C=O) groups is 3. The van der Waals surface area contributed by atoms with Crippen LogP contribution in [0.2, 0.25) is 0 Å². The number of methoxy groups -OCH3 is 1. The van der Waals surface area contributed by atoms with E-state index < -0.39 is 36.4 Å². The van der Waals surface area contributed by atoms with Crippen molar-refractivity contribution in [2.75, 3.05) is 33.4 Å². The van der Waals surface area contributed by atoms with Crippen molar-refractivity contribution in [2.45, 2.75) is 70.1 Å². The number of hydrogen-bond donors (Lipinski definition) is 6. The number of aromatic nitrogens is 2. The van der Waals surface area contributed by atoms with Crippen LogP contribution in [0.25, 0.3) is 11.0 Å². The lowest BCUT2D eigenvalue weighted by atomic mass is 10.2. The largest absolute Gasteiger partial charge is 0.490 e. The van der Waals surface area contributed by atoms with Gasteiger partial charge in [-0.1, -0.05) is 17.7 Å². The van der Waals surface area contributed by atoms with Crippen LogP contribution in [0.3, 0.4) is 0 Å². The van der Waals surface area contributed by atoms with E-state index in [4.69, 9.17) is 32.5 Å². The molecule has 16 nitrogen and oxygen atoms in total. The second kappa shape index (κ2) is 16.0. The third-order valence-corrected chi connectivity index (χ3v) is 8.24. The number of halogens is 4. The first-order valence-corrected chi connectivity index (χ1v) is 15.6. The molecule has 270 valence electrons. The summed E-state index contributed by atoms with van der Waals surface area (Å²) in [6.45, 7) is 3.78. The van der Waals surface area contributed by atoms with Gasteiger partial charge in [-0.15, -0.1) is 0 Å². The number of nitrogens with two attached hydrogens (primary N) is 2. The summed E-state index contributed by atoms with van der Waals surface area (Å²) in [6, 6.07) is 5.59. The first-order chi connectivity index (χ1) is 23.2. The Morgan fingerprint density at radius 3 is 2.51 bits per heavy atom. The van der Waals surface area contributed by atoms with Gasteiger partial charge in [0, 0.05) is 19.7 Å². The Bertz CT molecular complexity index is 1600. The number of likely N-dealkylation sites (tertiary alicyclic amines) is 1. The van der Waals surface area contributed by atoms with Gasteiger partial charge in [0.25, 0.3) is 17.6 Å². The second-order valence-corrected chi connectivity index (χ2v) is 11.6. The molecule has 3 aliphatic rings. The van der Waals surface area contributed by atoms with Crippen molar-refractivity contribution in [3.05, 3.63) is 35.0 Å². The molecule has 4 atom stereocenters. The Morgan fingerprint density at radius 1 is 1.24 bits per heavy atom. The van der Waals surface area contributed by atoms with Gasteiger partial charge in [0.1, 0.15) is 30.8 Å². The topological polar surface area (TPSA) is 220 Å². The standard InChI is InChI=1S/C26H35ClN8O6.C3H3F3O2/c1-2-34-19(9-30-26(39)21-24(28)32-25(29)23(27)31-21)35(10-14-5-4-8-40-14)15-6-3-7-18(22(15)34)41-13-20(38)33-11-16(36)17(37)12-33;1-8-2(7)3(4,5)6/h3,6-7,14,16-17,24,36-37H,2,4-5,8-13,28H2,1H3,(H3-,29,30,32,39);1H3/p+1/t14?,16-,17?,24?;/m0./s1. The van der Waals surface area contributed by atoms with Gasteiger partial charge in [-0.3, -0.25) is 9.59 Å². The normalized spacial score (nSPS) is 22.3. The van der Waals surface area contributed by atoms with Gasteiger partial charge >= 0.3 is 12.1 Å². The van der Waals surface area contributed by atoms with Gasteiger partial charge < -0.3 is 51.4 Å². The molecular weight excluding hydrogens is 681 g/mol. The molecule has 0 aliphatic carbocycles. The molecule has 0 bridgehead atoms. The van der Waals surface area contributed by atoms with Crippen molar-refractivity contribution >= 4 is 46.1 Å². The number of alkyl halides is 3. The van der Waals surface area contributed by atoms with E-state index in [1.54, 1.807) is 6.07 Å². The van der Waals surface area contributed by atoms with E-state index in [9.17, 15) is 37.8 Å². The summed E-state index contributed by atoms with van der Waals surface area (Å²) in [7, 11) is 0.676. The van der Waals surface area contributed by atoms with Crippen molar-refractivity contribution in [1.29, 1.82) is 0 Å². The molecule has 20 heteroatoms. The number of aliphatic hydroxyl groups excluding tert-OH is 2. The number of esters is 1. The molecule has 2 amide bonds. The predicted molar refractivity (Wildman–Crippen MR) is 166 cm³/mol. The monoisotopic (exact) mass is 719 g/mol. The Balaban J connectivity index is 0.000000603. The fraction of sp³-hybridized carbons (Fsp3) is 0.552. The summed E-state index contributed by atoms with van der Waals surface area (Å²) in [6.07, 6.45) is -5.80. The molecule has 2 fully saturated rings. The third kappa shape index (κ3) is 8.90. The van der Waals surface area contributed by atoms with Gasteiger partial charge in [0.15, 0.2) is 23.0 Å². The van der Waals surface area contributed by atoms with Crippen molar-refractivity contribution in [3.8, 4) is 5.75 Å². The molecule has 3 unspecified atom stereocenters. The average Bonchev–Trinajstić information content (AvgIpc) is 3.78. The van der Waals surface area contributed by atoms with E-state index in [1.165, 1.54) is 4.90 Å². The molecule has 4 heterocycles. The lowest BCUT2D eigenvalue weighted by Crippen LogP contribution is -2.53. The molecule has 0 saturated carbocycles. The number of aliphatic hydroxyl groups is 2. The number of nitrogens with zero attached hydrogens (tertiary/aromatic N) is 4. The minimum absolute atomic E-state index is 0.00807. The van der Waals surface area contributed by atoms with Crippen LogP contribution in [0, 0.1) is 0 Å². The maximum atomic E-state index is 13.1. The molecule has 2 aromatic rings. The first kappa shape index (κ1) is 37.6. The zero-order valence-corrected chi connectivity index (χ0v) is 27.5. The minimum Gasteiger partial charge on any atom is -0.479 e. The fourth-order valence-corrected chi connectivity index (χ4v) is 5.70. The van der Waals surface area contributed by atoms with Crippen LogP contribution in [-0.2, 0) is 43.5 Å². The molecule has 49 heavy (non-hydrogen) atoms. The molecule has 0 spiro atoms. The summed E-state index contributed by atoms with van der Waals surface area (Å²) in [5, 5.41) is 25.2. The molecule has 3 aliphatic heterocycles. The van der Waals surface area contributed by atoms with E-state index in [-0.39, 0.29) is 54.9 Å². The van der Waals surface area contributed by atoms with Gasteiger partial charge in [-0.25, -0.2) is 18.9 Å². The van der Waals surface area contributed by atoms with E-state index in [2.05, 4.69) is 24.9 Å². The number of aliphatic imine (C=N–C) groups is 1. The van der Waals surface area contributed by atoms with Crippen LogP contribution in [0.15, 0.2) is 34.2 Å². The van der Waals surface area contributed by atoms with Crippen molar-refractivity contribution in [3.63, 3.8) is 0 Å². The summed E-state index contributed by atoms with van der Waals surface area (Å²) in [5.41, 5.74) is 13.4. The molecule has 1 aromatic heterocycles. The smallest absolute Gasteiger partial charge is 0.479 e. The zero-order valence-electron chi connectivity index (χ0n) is 26.7. The summed E-state index contributed by atoms with van der Waals surface area (Å²) in [5.74, 6) is -1.62. The number of amides is 2. The number of benzene rings is 1. The lowest BCUT2D eigenvalue weighted by molar-refractivity contribution is -0.676. The Labute approximate surface area is 283 Å². The van der Waals surface area contributed by atoms with Crippen molar-refractivity contribution in [1.82, 2.24) is 20.1 Å². The van der Waals surface area contributed by atoms with Crippen LogP contribution >= 0.6 is 11.6 Å². The highest BCUT2D eigenvalue weighted by molar-refractivity contribution is 6.43. The van der Waals surface area contributed by atoms with E-state index in [1.807, 2.05) is 23.6 Å². The third-order valence-electron chi connectivity index (χ3n) is 7.95. The number of fused-ring (bicyclic) bond motifs is 1.